The number of fused-ring (bicyclic) bond motifs is 1. The van der Waals surface area contributed by atoms with Crippen LogP contribution in [0.5, 0.6) is 0 Å². The Bertz CT molecular complexity index is 1390. The maximum Gasteiger partial charge on any atom is 0.267 e. The molecule has 2 aromatic heterocycles. The summed E-state index contributed by atoms with van der Waals surface area (Å²) in [4.78, 5) is 32.7. The Morgan fingerprint density at radius 2 is 2.00 bits per heavy atom. The Morgan fingerprint density at radius 1 is 1.24 bits per heavy atom. The number of rotatable bonds is 7. The number of carbonyl (C=O) groups is 1. The first-order valence-electron chi connectivity index (χ1n) is 10.4. The zero-order chi connectivity index (χ0) is 23.5. The number of halogens is 2. The molecule has 5 nitrogen and oxygen atoms in total. The van der Waals surface area contributed by atoms with E-state index in [2.05, 4.69) is 12.2 Å². The van der Waals surface area contributed by atoms with Crippen LogP contribution in [-0.4, -0.2) is 21.2 Å². The van der Waals surface area contributed by atoms with E-state index in [1.807, 2.05) is 37.3 Å². The molecule has 4 aromatic rings. The number of aromatic nitrogens is 2. The zero-order valence-electron chi connectivity index (χ0n) is 18.0. The van der Waals surface area contributed by atoms with Gasteiger partial charge in [-0.25, -0.2) is 9.37 Å². The number of hydrogen-bond acceptors (Lipinski definition) is 5. The molecule has 2 heterocycles. The third-order valence-corrected chi connectivity index (χ3v) is 7.53. The molecule has 0 aliphatic rings. The van der Waals surface area contributed by atoms with Gasteiger partial charge in [0.1, 0.15) is 10.6 Å². The number of carbonyl (C=O) groups excluding carboxylic acids is 1. The minimum atomic E-state index is -0.554. The van der Waals surface area contributed by atoms with Crippen LogP contribution in [0.3, 0.4) is 0 Å². The highest BCUT2D eigenvalue weighted by molar-refractivity contribution is 7.99. The summed E-state index contributed by atoms with van der Waals surface area (Å²) in [5.41, 5.74) is 1.92. The van der Waals surface area contributed by atoms with E-state index in [0.717, 1.165) is 23.3 Å². The molecule has 0 saturated carbocycles. The number of amides is 1. The number of para-hydroxylation sites is 1. The van der Waals surface area contributed by atoms with Gasteiger partial charge in [-0.2, -0.15) is 0 Å². The molecule has 0 bridgehead atoms. The van der Waals surface area contributed by atoms with Crippen LogP contribution >= 0.6 is 34.7 Å². The number of hydrogen-bond donors (Lipinski definition) is 1. The predicted molar refractivity (Wildman–Crippen MR) is 135 cm³/mol. The first-order valence-corrected chi connectivity index (χ1v) is 12.5. The molecular formula is C24H21ClFN3O2S2. The minimum Gasteiger partial charge on any atom is -0.325 e. The van der Waals surface area contributed by atoms with Gasteiger partial charge in [0.05, 0.1) is 21.8 Å². The summed E-state index contributed by atoms with van der Waals surface area (Å²) in [6.45, 7) is 4.07. The molecule has 170 valence electrons. The first-order chi connectivity index (χ1) is 15.9. The van der Waals surface area contributed by atoms with Crippen molar-refractivity contribution in [2.24, 2.45) is 0 Å². The second-order valence-corrected chi connectivity index (χ2v) is 9.85. The van der Waals surface area contributed by atoms with E-state index in [4.69, 9.17) is 16.6 Å². The van der Waals surface area contributed by atoms with Gasteiger partial charge in [-0.1, -0.05) is 54.9 Å². The summed E-state index contributed by atoms with van der Waals surface area (Å²) in [6, 6.07) is 13.3. The van der Waals surface area contributed by atoms with E-state index in [0.29, 0.717) is 26.7 Å². The number of thiophene rings is 1. The van der Waals surface area contributed by atoms with Gasteiger partial charge in [0.2, 0.25) is 5.91 Å². The lowest BCUT2D eigenvalue weighted by atomic mass is 10.1. The number of benzene rings is 2. The number of nitrogens with zero attached hydrogens (tertiary/aromatic N) is 2. The molecule has 33 heavy (non-hydrogen) atoms. The maximum atomic E-state index is 13.6. The van der Waals surface area contributed by atoms with Crippen molar-refractivity contribution in [3.05, 3.63) is 80.2 Å². The number of thioether (sulfide) groups is 1. The van der Waals surface area contributed by atoms with Crippen molar-refractivity contribution in [2.45, 2.75) is 31.8 Å². The Balaban J connectivity index is 1.69. The van der Waals surface area contributed by atoms with Crippen molar-refractivity contribution in [3.8, 4) is 5.69 Å². The molecule has 0 fully saturated rings. The second-order valence-electron chi connectivity index (χ2n) is 7.42. The van der Waals surface area contributed by atoms with Gasteiger partial charge in [-0.05, 0) is 49.2 Å². The fourth-order valence-corrected chi connectivity index (χ4v) is 5.79. The van der Waals surface area contributed by atoms with Crippen LogP contribution in [0, 0.1) is 12.7 Å². The molecule has 0 unspecified atom stereocenters. The zero-order valence-corrected chi connectivity index (χ0v) is 20.4. The van der Waals surface area contributed by atoms with Gasteiger partial charge in [-0.3, -0.25) is 14.2 Å². The molecule has 0 saturated heterocycles. The van der Waals surface area contributed by atoms with E-state index in [-0.39, 0.29) is 22.2 Å². The molecule has 0 aliphatic carbocycles. The van der Waals surface area contributed by atoms with Crippen molar-refractivity contribution in [1.82, 2.24) is 9.55 Å². The fourth-order valence-electron chi connectivity index (χ4n) is 3.48. The highest BCUT2D eigenvalue weighted by atomic mass is 35.5. The molecule has 1 amide bonds. The molecule has 9 heteroatoms. The molecule has 0 atom stereocenters. The molecule has 0 aliphatic heterocycles. The van der Waals surface area contributed by atoms with E-state index >= 15 is 0 Å². The van der Waals surface area contributed by atoms with Gasteiger partial charge >= 0.3 is 0 Å². The summed E-state index contributed by atoms with van der Waals surface area (Å²) in [5.74, 6) is -0.848. The van der Waals surface area contributed by atoms with Crippen molar-refractivity contribution in [2.75, 3.05) is 11.1 Å². The normalized spacial score (nSPS) is 11.2. The third-order valence-electron chi connectivity index (χ3n) is 5.06. The Labute approximate surface area is 203 Å². The molecule has 2 aromatic carbocycles. The lowest BCUT2D eigenvalue weighted by Crippen LogP contribution is -2.22. The van der Waals surface area contributed by atoms with E-state index < -0.39 is 5.82 Å². The maximum absolute atomic E-state index is 13.6. The minimum absolute atomic E-state index is 0.0198. The standard InChI is InChI=1S/C24H21ClFN3O2S2/c1-3-7-19-14(2)21-22(33-19)28-24(29(23(21)31)16-8-5-4-6-9-16)32-13-20(30)27-15-10-11-18(26)17(25)12-15/h4-6,8-12H,3,7,13H2,1-2H3,(H,27,30). The SMILES string of the molecule is CCCc1sc2nc(SCC(=O)Nc3ccc(F)c(Cl)c3)n(-c3ccccc3)c(=O)c2c1C. The van der Waals surface area contributed by atoms with E-state index in [9.17, 15) is 14.0 Å². The van der Waals surface area contributed by atoms with Gasteiger partial charge in [0.25, 0.3) is 5.56 Å². The fraction of sp³-hybridized carbons (Fsp3) is 0.208. The highest BCUT2D eigenvalue weighted by Gasteiger charge is 2.19. The van der Waals surface area contributed by atoms with Crippen LogP contribution in [0.25, 0.3) is 15.9 Å². The van der Waals surface area contributed by atoms with Crippen molar-refractivity contribution in [1.29, 1.82) is 0 Å². The van der Waals surface area contributed by atoms with Crippen LogP contribution < -0.4 is 10.9 Å². The van der Waals surface area contributed by atoms with Crippen molar-refractivity contribution in [3.63, 3.8) is 0 Å². The topological polar surface area (TPSA) is 64.0 Å². The summed E-state index contributed by atoms with van der Waals surface area (Å²) in [6.07, 6.45) is 1.87. The first kappa shape index (κ1) is 23.5. The van der Waals surface area contributed by atoms with Crippen LogP contribution in [0.4, 0.5) is 10.1 Å². The quantitative estimate of drug-likeness (QED) is 0.241. The number of aryl methyl sites for hydroxylation is 2. The lowest BCUT2D eigenvalue weighted by molar-refractivity contribution is -0.113. The smallest absolute Gasteiger partial charge is 0.267 e. The third kappa shape index (κ3) is 4.98. The average molecular weight is 502 g/mol. The Morgan fingerprint density at radius 3 is 2.70 bits per heavy atom. The summed E-state index contributed by atoms with van der Waals surface area (Å²) in [7, 11) is 0. The molecule has 0 radical (unpaired) electrons. The van der Waals surface area contributed by atoms with Crippen LogP contribution in [0.2, 0.25) is 5.02 Å². The Kier molecular flexibility index (Phi) is 7.17. The molecular weight excluding hydrogens is 481 g/mol. The molecule has 0 spiro atoms. The van der Waals surface area contributed by atoms with Crippen LogP contribution in [0.15, 0.2) is 58.5 Å². The van der Waals surface area contributed by atoms with Gasteiger partial charge in [0.15, 0.2) is 5.16 Å². The predicted octanol–water partition coefficient (Wildman–Crippen LogP) is 6.23. The van der Waals surface area contributed by atoms with Crippen LogP contribution in [-0.2, 0) is 11.2 Å². The van der Waals surface area contributed by atoms with E-state index in [1.165, 1.54) is 41.3 Å². The molecule has 4 rings (SSSR count). The van der Waals surface area contributed by atoms with Gasteiger partial charge < -0.3 is 5.32 Å². The van der Waals surface area contributed by atoms with Gasteiger partial charge in [-0.15, -0.1) is 11.3 Å². The second kappa shape index (κ2) is 10.1. The van der Waals surface area contributed by atoms with Crippen molar-refractivity contribution < 1.29 is 9.18 Å². The average Bonchev–Trinajstić information content (AvgIpc) is 3.11. The Hall–Kier alpha value is -2.68. The summed E-state index contributed by atoms with van der Waals surface area (Å²) < 4.78 is 14.9. The van der Waals surface area contributed by atoms with Crippen molar-refractivity contribution >= 4 is 56.5 Å². The van der Waals surface area contributed by atoms with Crippen LogP contribution in [0.1, 0.15) is 23.8 Å². The molecule has 1 N–H and O–H groups in total. The lowest BCUT2D eigenvalue weighted by Gasteiger charge is -2.12. The number of anilines is 1. The van der Waals surface area contributed by atoms with Gasteiger partial charge in [0, 0.05) is 10.6 Å². The summed E-state index contributed by atoms with van der Waals surface area (Å²) in [5, 5.41) is 3.70. The largest absolute Gasteiger partial charge is 0.325 e. The number of nitrogens with one attached hydrogen (secondary N) is 1. The summed E-state index contributed by atoms with van der Waals surface area (Å²) >= 11 is 8.50. The van der Waals surface area contributed by atoms with E-state index in [1.54, 1.807) is 4.57 Å². The monoisotopic (exact) mass is 501 g/mol. The highest BCUT2D eigenvalue weighted by Crippen LogP contribution is 2.31.